The van der Waals surface area contributed by atoms with E-state index in [0.717, 1.165) is 0 Å². The number of nitro benzene ring substituents is 1. The lowest BCUT2D eigenvalue weighted by Gasteiger charge is -2.12. The van der Waals surface area contributed by atoms with Crippen molar-refractivity contribution in [3.05, 3.63) is 33.9 Å². The first-order chi connectivity index (χ1) is 8.93. The maximum absolute atomic E-state index is 11.6. The molecule has 0 aliphatic rings. The number of non-ortho nitro benzene ring substituents is 1. The molecule has 0 heterocycles. The van der Waals surface area contributed by atoms with Gasteiger partial charge in [-0.2, -0.15) is 11.8 Å². The number of anilines is 1. The summed E-state index contributed by atoms with van der Waals surface area (Å²) in [5.41, 5.74) is 1.24. The number of thioether (sulfide) groups is 1. The molecule has 19 heavy (non-hydrogen) atoms. The quantitative estimate of drug-likeness (QED) is 0.643. The number of urea groups is 1. The van der Waals surface area contributed by atoms with Crippen molar-refractivity contribution in [3.8, 4) is 0 Å². The summed E-state index contributed by atoms with van der Waals surface area (Å²) in [4.78, 5) is 21.8. The zero-order valence-electron chi connectivity index (χ0n) is 11.1. The Morgan fingerprint density at radius 3 is 2.74 bits per heavy atom. The number of amides is 2. The number of nitrogens with zero attached hydrogens (tertiary/aromatic N) is 1. The van der Waals surface area contributed by atoms with E-state index in [9.17, 15) is 14.9 Å². The minimum Gasteiger partial charge on any atom is -0.337 e. The van der Waals surface area contributed by atoms with E-state index < -0.39 is 4.92 Å². The van der Waals surface area contributed by atoms with E-state index in [1.165, 1.54) is 18.2 Å². The lowest BCUT2D eigenvalue weighted by Crippen LogP contribution is -2.33. The molecule has 0 radical (unpaired) electrons. The maximum atomic E-state index is 11.6. The van der Waals surface area contributed by atoms with Crippen LogP contribution in [-0.4, -0.2) is 29.0 Å². The fourth-order valence-corrected chi connectivity index (χ4v) is 1.64. The van der Waals surface area contributed by atoms with Crippen LogP contribution in [0.25, 0.3) is 0 Å². The van der Waals surface area contributed by atoms with Gasteiger partial charge in [0.05, 0.1) is 4.92 Å². The summed E-state index contributed by atoms with van der Waals surface area (Å²) in [6.07, 6.45) is 1.98. The first kappa shape index (κ1) is 15.3. The number of carbonyl (C=O) groups excluding carboxylic acids is 1. The summed E-state index contributed by atoms with van der Waals surface area (Å²) in [6, 6.07) is 4.02. The number of hydrogen-bond donors (Lipinski definition) is 2. The number of rotatable bonds is 5. The van der Waals surface area contributed by atoms with Crippen LogP contribution in [0, 0.1) is 17.0 Å². The van der Waals surface area contributed by atoms with Crippen molar-refractivity contribution in [1.82, 2.24) is 5.32 Å². The Bertz CT molecular complexity index is 479. The van der Waals surface area contributed by atoms with Gasteiger partial charge in [-0.1, -0.05) is 6.92 Å². The highest BCUT2D eigenvalue weighted by Crippen LogP contribution is 2.20. The molecule has 0 aromatic heterocycles. The summed E-state index contributed by atoms with van der Waals surface area (Å²) in [5.74, 6) is 0. The third-order valence-corrected chi connectivity index (χ3v) is 3.59. The van der Waals surface area contributed by atoms with Crippen LogP contribution >= 0.6 is 11.8 Å². The minimum atomic E-state index is -0.461. The molecule has 0 bridgehead atoms. The number of aryl methyl sites for hydroxylation is 1. The zero-order valence-corrected chi connectivity index (χ0v) is 11.9. The van der Waals surface area contributed by atoms with Crippen LogP contribution in [0.4, 0.5) is 16.2 Å². The van der Waals surface area contributed by atoms with E-state index >= 15 is 0 Å². The minimum absolute atomic E-state index is 0.0134. The number of benzene rings is 1. The molecular weight excluding hydrogens is 266 g/mol. The SMILES string of the molecule is CSC(C)CNC(=O)Nc1ccc([N+](=O)[O-])cc1C. The van der Waals surface area contributed by atoms with Gasteiger partial charge in [-0.15, -0.1) is 0 Å². The molecule has 1 aromatic rings. The number of nitro groups is 1. The van der Waals surface area contributed by atoms with Crippen molar-refractivity contribution in [2.45, 2.75) is 19.1 Å². The molecule has 0 fully saturated rings. The second-order valence-electron chi connectivity index (χ2n) is 4.14. The van der Waals surface area contributed by atoms with Crippen molar-refractivity contribution in [2.75, 3.05) is 18.1 Å². The molecule has 0 aliphatic heterocycles. The molecule has 104 valence electrons. The van der Waals surface area contributed by atoms with Gasteiger partial charge in [-0.25, -0.2) is 4.79 Å². The topological polar surface area (TPSA) is 84.3 Å². The summed E-state index contributed by atoms with van der Waals surface area (Å²) in [5, 5.41) is 16.4. The molecule has 6 nitrogen and oxygen atoms in total. The normalized spacial score (nSPS) is 11.7. The average molecular weight is 283 g/mol. The van der Waals surface area contributed by atoms with Gasteiger partial charge in [-0.05, 0) is 24.8 Å². The van der Waals surface area contributed by atoms with Crippen LogP contribution in [0.5, 0.6) is 0 Å². The van der Waals surface area contributed by atoms with Crippen molar-refractivity contribution >= 4 is 29.2 Å². The van der Waals surface area contributed by atoms with Crippen molar-refractivity contribution < 1.29 is 9.72 Å². The molecule has 2 N–H and O–H groups in total. The van der Waals surface area contributed by atoms with Gasteiger partial charge in [0.15, 0.2) is 0 Å². The zero-order chi connectivity index (χ0) is 14.4. The van der Waals surface area contributed by atoms with Gasteiger partial charge in [-0.3, -0.25) is 10.1 Å². The number of hydrogen-bond acceptors (Lipinski definition) is 4. The Morgan fingerprint density at radius 2 is 2.21 bits per heavy atom. The molecule has 2 amide bonds. The van der Waals surface area contributed by atoms with Crippen LogP contribution < -0.4 is 10.6 Å². The summed E-state index contributed by atoms with van der Waals surface area (Å²) < 4.78 is 0. The Balaban J connectivity index is 2.62. The molecular formula is C12H17N3O3S. The molecule has 1 aromatic carbocycles. The highest BCUT2D eigenvalue weighted by Gasteiger charge is 2.10. The Hall–Kier alpha value is -1.76. The monoisotopic (exact) mass is 283 g/mol. The molecule has 0 saturated carbocycles. The van der Waals surface area contributed by atoms with Crippen LogP contribution in [0.2, 0.25) is 0 Å². The molecule has 0 aliphatic carbocycles. The molecule has 1 rings (SSSR count). The fourth-order valence-electron chi connectivity index (χ4n) is 1.39. The Morgan fingerprint density at radius 1 is 1.53 bits per heavy atom. The third-order valence-electron chi connectivity index (χ3n) is 2.62. The van der Waals surface area contributed by atoms with Crippen LogP contribution in [0.3, 0.4) is 0 Å². The third kappa shape index (κ3) is 4.78. The summed E-state index contributed by atoms with van der Waals surface area (Å²) in [6.45, 7) is 4.30. The van der Waals surface area contributed by atoms with E-state index in [1.807, 2.05) is 13.2 Å². The van der Waals surface area contributed by atoms with Crippen LogP contribution in [0.15, 0.2) is 18.2 Å². The van der Waals surface area contributed by atoms with Crippen LogP contribution in [0.1, 0.15) is 12.5 Å². The highest BCUT2D eigenvalue weighted by molar-refractivity contribution is 7.99. The molecule has 0 saturated heterocycles. The number of carbonyl (C=O) groups is 1. The largest absolute Gasteiger partial charge is 0.337 e. The van der Waals surface area contributed by atoms with Crippen molar-refractivity contribution in [2.24, 2.45) is 0 Å². The van der Waals surface area contributed by atoms with Crippen molar-refractivity contribution in [3.63, 3.8) is 0 Å². The Kier molecular flexibility index (Phi) is 5.62. The molecule has 1 atom stereocenters. The van der Waals surface area contributed by atoms with Gasteiger partial charge in [0.25, 0.3) is 5.69 Å². The van der Waals surface area contributed by atoms with Crippen LogP contribution in [-0.2, 0) is 0 Å². The highest BCUT2D eigenvalue weighted by atomic mass is 32.2. The van der Waals surface area contributed by atoms with Gasteiger partial charge in [0.2, 0.25) is 0 Å². The predicted molar refractivity (Wildman–Crippen MR) is 77.8 cm³/mol. The van der Waals surface area contributed by atoms with E-state index in [4.69, 9.17) is 0 Å². The molecule has 7 heteroatoms. The molecule has 1 unspecified atom stereocenters. The standard InChI is InChI=1S/C12H17N3O3S/c1-8-6-10(15(17)18)4-5-11(8)14-12(16)13-7-9(2)19-3/h4-6,9H,7H2,1-3H3,(H2,13,14,16). The maximum Gasteiger partial charge on any atom is 0.319 e. The van der Waals surface area contributed by atoms with Crippen molar-refractivity contribution in [1.29, 1.82) is 0 Å². The summed E-state index contributed by atoms with van der Waals surface area (Å²) in [7, 11) is 0. The van der Waals surface area contributed by atoms with Gasteiger partial charge >= 0.3 is 6.03 Å². The second kappa shape index (κ2) is 6.98. The van der Waals surface area contributed by atoms with E-state index in [0.29, 0.717) is 23.0 Å². The Labute approximate surface area is 116 Å². The predicted octanol–water partition coefficient (Wildman–Crippen LogP) is 2.78. The van der Waals surface area contributed by atoms with Gasteiger partial charge in [0, 0.05) is 29.6 Å². The molecule has 0 spiro atoms. The van der Waals surface area contributed by atoms with Gasteiger partial charge < -0.3 is 10.6 Å². The average Bonchev–Trinajstić information content (AvgIpc) is 2.38. The second-order valence-corrected chi connectivity index (χ2v) is 5.41. The lowest BCUT2D eigenvalue weighted by molar-refractivity contribution is -0.384. The lowest BCUT2D eigenvalue weighted by atomic mass is 10.2. The number of nitrogens with one attached hydrogen (secondary N) is 2. The summed E-state index contributed by atoms with van der Waals surface area (Å²) >= 11 is 1.66. The first-order valence-electron chi connectivity index (χ1n) is 5.76. The van der Waals surface area contributed by atoms with E-state index in [-0.39, 0.29) is 11.7 Å². The van der Waals surface area contributed by atoms with Gasteiger partial charge in [0.1, 0.15) is 0 Å². The first-order valence-corrected chi connectivity index (χ1v) is 7.05. The van der Waals surface area contributed by atoms with E-state index in [1.54, 1.807) is 18.7 Å². The van der Waals surface area contributed by atoms with E-state index in [2.05, 4.69) is 10.6 Å². The fraction of sp³-hybridized carbons (Fsp3) is 0.417. The smallest absolute Gasteiger partial charge is 0.319 e.